The van der Waals surface area contributed by atoms with Crippen molar-refractivity contribution in [2.45, 2.75) is 25.8 Å². The number of likely N-dealkylation sites (tertiary alicyclic amines) is 1. The summed E-state index contributed by atoms with van der Waals surface area (Å²) in [6.07, 6.45) is 0.765. The average molecular weight is 268 g/mol. The van der Waals surface area contributed by atoms with Crippen molar-refractivity contribution in [1.82, 2.24) is 4.90 Å². The third kappa shape index (κ3) is 3.29. The highest BCUT2D eigenvalue weighted by Gasteiger charge is 2.26. The first kappa shape index (κ1) is 13.9. The summed E-state index contributed by atoms with van der Waals surface area (Å²) < 4.78 is 26.6. The number of amides is 1. The SMILES string of the molecule is CC1CC(N)CN(C(=O)Cc2cccc(F)c2F)C1. The van der Waals surface area contributed by atoms with Crippen LogP contribution in [0.5, 0.6) is 0 Å². The first-order chi connectivity index (χ1) is 8.97. The molecule has 0 radical (unpaired) electrons. The van der Waals surface area contributed by atoms with Crippen molar-refractivity contribution in [3.63, 3.8) is 0 Å². The molecule has 0 bridgehead atoms. The molecule has 1 aromatic carbocycles. The fourth-order valence-corrected chi connectivity index (χ4v) is 2.56. The summed E-state index contributed by atoms with van der Waals surface area (Å²) in [6.45, 7) is 3.14. The summed E-state index contributed by atoms with van der Waals surface area (Å²) in [6, 6.07) is 3.85. The standard InChI is InChI=1S/C14H18F2N2O/c1-9-5-11(17)8-18(7-9)13(19)6-10-3-2-4-12(15)14(10)16/h2-4,9,11H,5-8,17H2,1H3. The number of piperidine rings is 1. The van der Waals surface area contributed by atoms with Gasteiger partial charge in [-0.2, -0.15) is 0 Å². The van der Waals surface area contributed by atoms with E-state index in [0.29, 0.717) is 19.0 Å². The summed E-state index contributed by atoms with van der Waals surface area (Å²) in [5.74, 6) is -1.73. The fraction of sp³-hybridized carbons (Fsp3) is 0.500. The minimum atomic E-state index is -0.940. The Morgan fingerprint density at radius 2 is 2.16 bits per heavy atom. The van der Waals surface area contributed by atoms with E-state index in [1.165, 1.54) is 12.1 Å². The molecule has 1 aliphatic heterocycles. The first-order valence-corrected chi connectivity index (χ1v) is 6.43. The van der Waals surface area contributed by atoms with Crippen molar-refractivity contribution in [2.75, 3.05) is 13.1 Å². The molecule has 19 heavy (non-hydrogen) atoms. The maximum absolute atomic E-state index is 13.5. The third-order valence-corrected chi connectivity index (χ3v) is 3.42. The second-order valence-electron chi connectivity index (χ2n) is 5.29. The van der Waals surface area contributed by atoms with Crippen molar-refractivity contribution in [3.8, 4) is 0 Å². The molecule has 1 saturated heterocycles. The molecule has 1 fully saturated rings. The molecule has 1 aromatic rings. The van der Waals surface area contributed by atoms with E-state index in [4.69, 9.17) is 5.73 Å². The lowest BCUT2D eigenvalue weighted by atomic mass is 9.96. The van der Waals surface area contributed by atoms with Gasteiger partial charge >= 0.3 is 0 Å². The van der Waals surface area contributed by atoms with Crippen LogP contribution >= 0.6 is 0 Å². The molecule has 2 atom stereocenters. The van der Waals surface area contributed by atoms with Crippen molar-refractivity contribution in [1.29, 1.82) is 0 Å². The molecule has 2 rings (SSSR count). The third-order valence-electron chi connectivity index (χ3n) is 3.42. The Kier molecular flexibility index (Phi) is 4.14. The number of nitrogens with zero attached hydrogens (tertiary/aromatic N) is 1. The quantitative estimate of drug-likeness (QED) is 0.887. The Bertz CT molecular complexity index is 469. The summed E-state index contributed by atoms with van der Waals surface area (Å²) >= 11 is 0. The lowest BCUT2D eigenvalue weighted by Gasteiger charge is -2.34. The smallest absolute Gasteiger partial charge is 0.227 e. The highest BCUT2D eigenvalue weighted by Crippen LogP contribution is 2.18. The molecule has 0 spiro atoms. The number of hydrogen-bond acceptors (Lipinski definition) is 2. The highest BCUT2D eigenvalue weighted by atomic mass is 19.2. The number of hydrogen-bond donors (Lipinski definition) is 1. The van der Waals surface area contributed by atoms with Crippen molar-refractivity contribution >= 4 is 5.91 Å². The largest absolute Gasteiger partial charge is 0.341 e. The van der Waals surface area contributed by atoms with Gasteiger partial charge in [-0.25, -0.2) is 8.78 Å². The molecule has 1 heterocycles. The van der Waals surface area contributed by atoms with Crippen LogP contribution in [0.1, 0.15) is 18.9 Å². The van der Waals surface area contributed by atoms with Gasteiger partial charge in [0.05, 0.1) is 6.42 Å². The molecule has 2 unspecified atom stereocenters. The van der Waals surface area contributed by atoms with E-state index in [0.717, 1.165) is 12.5 Å². The Hall–Kier alpha value is -1.49. The molecular formula is C14H18F2N2O. The maximum atomic E-state index is 13.5. The van der Waals surface area contributed by atoms with E-state index in [9.17, 15) is 13.6 Å². The summed E-state index contributed by atoms with van der Waals surface area (Å²) in [4.78, 5) is 13.7. The van der Waals surface area contributed by atoms with Crippen molar-refractivity contribution in [3.05, 3.63) is 35.4 Å². The molecule has 0 saturated carbocycles. The second-order valence-corrected chi connectivity index (χ2v) is 5.29. The number of carbonyl (C=O) groups is 1. The van der Waals surface area contributed by atoms with Crippen LogP contribution in [0.3, 0.4) is 0 Å². The van der Waals surface area contributed by atoms with Gasteiger partial charge in [0.15, 0.2) is 11.6 Å². The van der Waals surface area contributed by atoms with Gasteiger partial charge in [0.25, 0.3) is 0 Å². The van der Waals surface area contributed by atoms with E-state index < -0.39 is 11.6 Å². The average Bonchev–Trinajstić information content (AvgIpc) is 2.33. The molecule has 104 valence electrons. The first-order valence-electron chi connectivity index (χ1n) is 6.43. The van der Waals surface area contributed by atoms with E-state index in [1.54, 1.807) is 4.90 Å². The van der Waals surface area contributed by atoms with Gasteiger partial charge in [-0.1, -0.05) is 19.1 Å². The lowest BCUT2D eigenvalue weighted by Crippen LogP contribution is -2.49. The Morgan fingerprint density at radius 3 is 2.84 bits per heavy atom. The topological polar surface area (TPSA) is 46.3 Å². The van der Waals surface area contributed by atoms with Crippen molar-refractivity contribution in [2.24, 2.45) is 11.7 Å². The minimum Gasteiger partial charge on any atom is -0.341 e. The lowest BCUT2D eigenvalue weighted by molar-refractivity contribution is -0.132. The zero-order valence-corrected chi connectivity index (χ0v) is 10.9. The van der Waals surface area contributed by atoms with Crippen LogP contribution in [0.15, 0.2) is 18.2 Å². The maximum Gasteiger partial charge on any atom is 0.227 e. The highest BCUT2D eigenvalue weighted by molar-refractivity contribution is 5.79. The van der Waals surface area contributed by atoms with Gasteiger partial charge in [0.2, 0.25) is 5.91 Å². The number of nitrogens with two attached hydrogens (primary N) is 1. The van der Waals surface area contributed by atoms with Crippen LogP contribution < -0.4 is 5.73 Å². The molecule has 0 aromatic heterocycles. The van der Waals surface area contributed by atoms with Crippen LogP contribution in [0.2, 0.25) is 0 Å². The van der Waals surface area contributed by atoms with Gasteiger partial charge in [0, 0.05) is 24.7 Å². The second kappa shape index (κ2) is 5.65. The summed E-state index contributed by atoms with van der Waals surface area (Å²) in [5, 5.41) is 0. The van der Waals surface area contributed by atoms with E-state index in [-0.39, 0.29) is 23.9 Å². The predicted octanol–water partition coefficient (Wildman–Crippen LogP) is 1.70. The zero-order chi connectivity index (χ0) is 14.0. The molecule has 1 aliphatic rings. The Balaban J connectivity index is 2.06. The minimum absolute atomic E-state index is 0.0370. The van der Waals surface area contributed by atoms with Gasteiger partial charge < -0.3 is 10.6 Å². The number of halogens is 2. The Morgan fingerprint density at radius 1 is 1.42 bits per heavy atom. The summed E-state index contributed by atoms with van der Waals surface area (Å²) in [5.41, 5.74) is 5.97. The van der Waals surface area contributed by atoms with Gasteiger partial charge in [0.1, 0.15) is 0 Å². The molecule has 2 N–H and O–H groups in total. The predicted molar refractivity (Wildman–Crippen MR) is 68.4 cm³/mol. The summed E-state index contributed by atoms with van der Waals surface area (Å²) in [7, 11) is 0. The molecule has 5 heteroatoms. The number of benzene rings is 1. The van der Waals surface area contributed by atoms with Crippen molar-refractivity contribution < 1.29 is 13.6 Å². The number of carbonyl (C=O) groups excluding carboxylic acids is 1. The molecule has 3 nitrogen and oxygen atoms in total. The molecule has 0 aliphatic carbocycles. The molecular weight excluding hydrogens is 250 g/mol. The monoisotopic (exact) mass is 268 g/mol. The van der Waals surface area contributed by atoms with Crippen LogP contribution in [0.4, 0.5) is 8.78 Å². The van der Waals surface area contributed by atoms with Crippen LogP contribution in [-0.2, 0) is 11.2 Å². The van der Waals surface area contributed by atoms with Gasteiger partial charge in [-0.3, -0.25) is 4.79 Å². The van der Waals surface area contributed by atoms with Crippen LogP contribution in [0, 0.1) is 17.6 Å². The number of rotatable bonds is 2. The van der Waals surface area contributed by atoms with Gasteiger partial charge in [-0.15, -0.1) is 0 Å². The zero-order valence-electron chi connectivity index (χ0n) is 10.9. The van der Waals surface area contributed by atoms with E-state index in [2.05, 4.69) is 0 Å². The van der Waals surface area contributed by atoms with Gasteiger partial charge in [-0.05, 0) is 18.4 Å². The van der Waals surface area contributed by atoms with E-state index in [1.807, 2.05) is 6.92 Å². The van der Waals surface area contributed by atoms with Crippen LogP contribution in [0.25, 0.3) is 0 Å². The Labute approximate surface area is 111 Å². The molecule has 1 amide bonds. The van der Waals surface area contributed by atoms with Crippen LogP contribution in [-0.4, -0.2) is 29.9 Å². The normalized spacial score (nSPS) is 23.5. The fourth-order valence-electron chi connectivity index (χ4n) is 2.56. The van der Waals surface area contributed by atoms with E-state index >= 15 is 0 Å².